The maximum absolute atomic E-state index is 13.7. The fourth-order valence-corrected chi connectivity index (χ4v) is 6.52. The number of hydrogen-bond acceptors (Lipinski definition) is 8. The van der Waals surface area contributed by atoms with E-state index in [2.05, 4.69) is 38.2 Å². The van der Waals surface area contributed by atoms with Crippen LogP contribution in [0.2, 0.25) is 0 Å². The molecule has 0 bridgehead atoms. The van der Waals surface area contributed by atoms with E-state index in [1.165, 1.54) is 0 Å². The lowest BCUT2D eigenvalue weighted by molar-refractivity contribution is -0.143. The number of nitrogens with zero attached hydrogens (tertiary/aromatic N) is 1. The predicted octanol–water partition coefficient (Wildman–Crippen LogP) is 5.37. The minimum atomic E-state index is -0.927. The Hall–Kier alpha value is -4.12. The number of carboxylic acid groups (broad SMARTS) is 1. The van der Waals surface area contributed by atoms with Gasteiger partial charge in [-0.3, -0.25) is 14.5 Å². The third-order valence-electron chi connectivity index (χ3n) is 8.68. The van der Waals surface area contributed by atoms with Crippen LogP contribution in [0.1, 0.15) is 53.6 Å². The van der Waals surface area contributed by atoms with Crippen molar-refractivity contribution in [2.45, 2.75) is 45.6 Å². The van der Waals surface area contributed by atoms with Gasteiger partial charge in [0.15, 0.2) is 11.5 Å². The number of aliphatic carboxylic acids is 1. The predicted molar refractivity (Wildman–Crippen MR) is 174 cm³/mol. The number of anilines is 1. The summed E-state index contributed by atoms with van der Waals surface area (Å²) in [4.78, 5) is 28.7. The van der Waals surface area contributed by atoms with Crippen molar-refractivity contribution in [2.75, 3.05) is 58.7 Å². The highest BCUT2D eigenvalue weighted by molar-refractivity contribution is 5.94. The second-order valence-electron chi connectivity index (χ2n) is 11.7. The molecule has 1 amide bonds. The first-order chi connectivity index (χ1) is 22.3. The van der Waals surface area contributed by atoms with Gasteiger partial charge < -0.3 is 34.1 Å². The zero-order chi connectivity index (χ0) is 32.6. The van der Waals surface area contributed by atoms with Gasteiger partial charge in [-0.1, -0.05) is 49.7 Å². The number of carbonyl (C=O) groups excluding carboxylic acids is 1. The second-order valence-corrected chi connectivity index (χ2v) is 11.7. The molecule has 3 atom stereocenters. The summed E-state index contributed by atoms with van der Waals surface area (Å²) in [5.74, 6) is -0.420. The van der Waals surface area contributed by atoms with E-state index in [1.54, 1.807) is 7.11 Å². The summed E-state index contributed by atoms with van der Waals surface area (Å²) in [6, 6.07) is 16.7. The van der Waals surface area contributed by atoms with E-state index in [-0.39, 0.29) is 25.2 Å². The van der Waals surface area contributed by atoms with E-state index >= 15 is 0 Å². The molecule has 0 aliphatic carbocycles. The van der Waals surface area contributed by atoms with Crippen molar-refractivity contribution >= 4 is 17.6 Å². The van der Waals surface area contributed by atoms with Crippen LogP contribution in [-0.4, -0.2) is 75.3 Å². The maximum Gasteiger partial charge on any atom is 0.309 e. The zero-order valence-corrected chi connectivity index (χ0v) is 27.0. The molecule has 2 aliphatic rings. The Morgan fingerprint density at radius 2 is 1.59 bits per heavy atom. The van der Waals surface area contributed by atoms with Crippen molar-refractivity contribution in [1.82, 2.24) is 4.90 Å². The molecule has 10 nitrogen and oxygen atoms in total. The number of hydrogen-bond donors (Lipinski definition) is 2. The summed E-state index contributed by atoms with van der Waals surface area (Å²) < 4.78 is 27.4. The molecule has 0 spiro atoms. The van der Waals surface area contributed by atoms with Gasteiger partial charge in [0.2, 0.25) is 12.7 Å². The lowest BCUT2D eigenvalue weighted by Crippen LogP contribution is -2.35. The minimum Gasteiger partial charge on any atom is -0.491 e. The topological polar surface area (TPSA) is 116 Å². The second kappa shape index (κ2) is 15.4. The standard InChI is InChI=1S/C36H44N2O8/c1-5-24-17-23(3)18-25(6-2)34(24)37-32(39)21-38-20-29(27-9-12-30-31(19-27)46-22-45-30)33(36(40)41)35(38)26-7-10-28(11-8-26)44-16-15-43-14-13-42-4/h7-12,17-19,29,33,35H,5-6,13-16,20-22H2,1-4H3,(H,37,39)(H,40,41)/t29-,33-,35+/m1/s1. The summed E-state index contributed by atoms with van der Waals surface area (Å²) in [5.41, 5.74) is 5.82. The molecule has 1 saturated heterocycles. The van der Waals surface area contributed by atoms with Crippen LogP contribution in [0.15, 0.2) is 54.6 Å². The molecule has 10 heteroatoms. The van der Waals surface area contributed by atoms with Crippen molar-refractivity contribution < 1.29 is 38.4 Å². The quantitative estimate of drug-likeness (QED) is 0.213. The van der Waals surface area contributed by atoms with Crippen LogP contribution in [-0.2, 0) is 31.9 Å². The van der Waals surface area contributed by atoms with Crippen molar-refractivity contribution in [3.63, 3.8) is 0 Å². The number of amides is 1. The fraction of sp³-hybridized carbons (Fsp3) is 0.444. The van der Waals surface area contributed by atoms with Gasteiger partial charge in [-0.15, -0.1) is 0 Å². The van der Waals surface area contributed by atoms with Crippen LogP contribution in [0, 0.1) is 12.8 Å². The highest BCUT2D eigenvalue weighted by Gasteiger charge is 2.48. The Morgan fingerprint density at radius 1 is 0.913 bits per heavy atom. The first-order valence-corrected chi connectivity index (χ1v) is 15.9. The normalized spacial score (nSPS) is 18.9. The van der Waals surface area contributed by atoms with Crippen LogP contribution in [0.5, 0.6) is 17.2 Å². The molecule has 1 fully saturated rings. The van der Waals surface area contributed by atoms with E-state index in [0.29, 0.717) is 50.2 Å². The molecule has 46 heavy (non-hydrogen) atoms. The molecule has 0 aromatic heterocycles. The molecule has 246 valence electrons. The third kappa shape index (κ3) is 7.63. The summed E-state index contributed by atoms with van der Waals surface area (Å²) in [5, 5.41) is 13.8. The number of likely N-dealkylation sites (tertiary alicyclic amines) is 1. The largest absolute Gasteiger partial charge is 0.491 e. The number of benzene rings is 3. The lowest BCUT2D eigenvalue weighted by Gasteiger charge is -2.27. The van der Waals surface area contributed by atoms with Crippen molar-refractivity contribution in [2.24, 2.45) is 5.92 Å². The van der Waals surface area contributed by atoms with Gasteiger partial charge in [0.1, 0.15) is 12.4 Å². The summed E-state index contributed by atoms with van der Waals surface area (Å²) in [7, 11) is 1.62. The van der Waals surface area contributed by atoms with E-state index in [9.17, 15) is 14.7 Å². The van der Waals surface area contributed by atoms with Gasteiger partial charge in [-0.2, -0.15) is 0 Å². The number of methoxy groups -OCH3 is 1. The number of nitrogens with one attached hydrogen (secondary N) is 1. The van der Waals surface area contributed by atoms with Gasteiger partial charge in [-0.25, -0.2) is 0 Å². The molecule has 0 unspecified atom stereocenters. The number of ether oxygens (including phenoxy) is 5. The summed E-state index contributed by atoms with van der Waals surface area (Å²) in [6.45, 7) is 8.58. The summed E-state index contributed by atoms with van der Waals surface area (Å²) in [6.07, 6.45) is 1.58. The number of carbonyl (C=O) groups is 2. The minimum absolute atomic E-state index is 0.0345. The Morgan fingerprint density at radius 3 is 2.26 bits per heavy atom. The van der Waals surface area contributed by atoms with Crippen LogP contribution in [0.25, 0.3) is 0 Å². The Labute approximate surface area is 270 Å². The van der Waals surface area contributed by atoms with Crippen LogP contribution >= 0.6 is 0 Å². The zero-order valence-electron chi connectivity index (χ0n) is 27.0. The van der Waals surface area contributed by atoms with Gasteiger partial charge in [-0.05, 0) is 66.3 Å². The SMILES string of the molecule is CCc1cc(C)cc(CC)c1NC(=O)CN1C[C@H](c2ccc3c(c2)OCO3)[C@@H](C(=O)O)[C@@H]1c1ccc(OCCOCCOC)cc1. The van der Waals surface area contributed by atoms with E-state index in [4.69, 9.17) is 23.7 Å². The molecule has 3 aromatic rings. The molecule has 3 aromatic carbocycles. The number of carboxylic acids is 1. The number of fused-ring (bicyclic) bond motifs is 1. The Balaban J connectivity index is 1.41. The van der Waals surface area contributed by atoms with Crippen LogP contribution in [0.4, 0.5) is 5.69 Å². The monoisotopic (exact) mass is 632 g/mol. The van der Waals surface area contributed by atoms with Crippen molar-refractivity contribution in [3.8, 4) is 17.2 Å². The maximum atomic E-state index is 13.7. The lowest BCUT2D eigenvalue weighted by atomic mass is 9.82. The average Bonchev–Trinajstić information content (AvgIpc) is 3.68. The van der Waals surface area contributed by atoms with Gasteiger partial charge in [0.05, 0.1) is 32.3 Å². The van der Waals surface area contributed by atoms with Gasteiger partial charge in [0.25, 0.3) is 0 Å². The van der Waals surface area contributed by atoms with Crippen molar-refractivity contribution in [1.29, 1.82) is 0 Å². The molecular weight excluding hydrogens is 588 g/mol. The highest BCUT2D eigenvalue weighted by Crippen LogP contribution is 2.47. The molecule has 0 radical (unpaired) electrons. The van der Waals surface area contributed by atoms with Gasteiger partial charge in [0, 0.05) is 31.3 Å². The van der Waals surface area contributed by atoms with E-state index in [0.717, 1.165) is 46.3 Å². The van der Waals surface area contributed by atoms with E-state index < -0.39 is 17.9 Å². The molecule has 5 rings (SSSR count). The Bertz CT molecular complexity index is 1480. The molecular formula is C36H44N2O8. The van der Waals surface area contributed by atoms with Crippen molar-refractivity contribution in [3.05, 3.63) is 82.4 Å². The molecule has 2 aliphatic heterocycles. The van der Waals surface area contributed by atoms with Crippen LogP contribution in [0.3, 0.4) is 0 Å². The number of rotatable bonds is 15. The molecule has 2 heterocycles. The van der Waals surface area contributed by atoms with E-state index in [1.807, 2.05) is 47.4 Å². The number of aryl methyl sites for hydroxylation is 3. The first-order valence-electron chi connectivity index (χ1n) is 15.9. The molecule has 0 saturated carbocycles. The molecule has 2 N–H and O–H groups in total. The van der Waals surface area contributed by atoms with Gasteiger partial charge >= 0.3 is 5.97 Å². The average molecular weight is 633 g/mol. The smallest absolute Gasteiger partial charge is 0.309 e. The third-order valence-corrected chi connectivity index (χ3v) is 8.68. The Kier molecular flexibility index (Phi) is 11.2. The fourth-order valence-electron chi connectivity index (χ4n) is 6.52. The van der Waals surface area contributed by atoms with Crippen LogP contribution < -0.4 is 19.5 Å². The highest BCUT2D eigenvalue weighted by atomic mass is 16.7. The summed E-state index contributed by atoms with van der Waals surface area (Å²) >= 11 is 0. The first kappa shape index (κ1) is 33.2.